The number of ether oxygens (including phenoxy) is 2. The maximum absolute atomic E-state index is 11.5. The number of rotatable bonds is 2. The van der Waals surface area contributed by atoms with Gasteiger partial charge in [-0.1, -0.05) is 0 Å². The molecular formula is C9H12O4. The van der Waals surface area contributed by atoms with Crippen LogP contribution in [0.25, 0.3) is 0 Å². The lowest BCUT2D eigenvalue weighted by Gasteiger charge is -2.11. The quantitative estimate of drug-likeness (QED) is 0.463. The normalized spacial score (nSPS) is 35.6. The van der Waals surface area contributed by atoms with Crippen LogP contribution in [0, 0.1) is 11.3 Å². The van der Waals surface area contributed by atoms with E-state index in [1.54, 1.807) is 13.8 Å². The Balaban J connectivity index is 2.09. The van der Waals surface area contributed by atoms with Crippen LogP contribution < -0.4 is 0 Å². The predicted molar refractivity (Wildman–Crippen MR) is 42.7 cm³/mol. The molecule has 2 atom stereocenters. The molecule has 4 heteroatoms. The summed E-state index contributed by atoms with van der Waals surface area (Å²) in [6.07, 6.45) is 0.439. The molecule has 2 rings (SSSR count). The Morgan fingerprint density at radius 3 is 2.77 bits per heavy atom. The van der Waals surface area contributed by atoms with Crippen molar-refractivity contribution in [2.45, 2.75) is 26.4 Å². The molecule has 0 aromatic carbocycles. The number of esters is 2. The Morgan fingerprint density at radius 2 is 2.38 bits per heavy atom. The highest BCUT2D eigenvalue weighted by molar-refractivity contribution is 6.05. The zero-order valence-electron chi connectivity index (χ0n) is 7.70. The molecule has 2 fully saturated rings. The zero-order chi connectivity index (χ0) is 9.64. The van der Waals surface area contributed by atoms with Crippen LogP contribution in [-0.4, -0.2) is 24.6 Å². The van der Waals surface area contributed by atoms with Crippen LogP contribution in [0.1, 0.15) is 20.3 Å². The second-order valence-corrected chi connectivity index (χ2v) is 3.92. The summed E-state index contributed by atoms with van der Waals surface area (Å²) in [5.41, 5.74) is -0.912. The van der Waals surface area contributed by atoms with E-state index in [2.05, 4.69) is 0 Å². The maximum atomic E-state index is 11.5. The van der Waals surface area contributed by atoms with Crippen LogP contribution in [-0.2, 0) is 19.1 Å². The zero-order valence-corrected chi connectivity index (χ0v) is 7.70. The van der Waals surface area contributed by atoms with Crippen molar-refractivity contribution in [1.82, 2.24) is 0 Å². The van der Waals surface area contributed by atoms with Gasteiger partial charge < -0.3 is 9.47 Å². The van der Waals surface area contributed by atoms with Crippen molar-refractivity contribution in [2.24, 2.45) is 11.3 Å². The molecule has 1 aliphatic heterocycles. The van der Waals surface area contributed by atoms with E-state index in [1.807, 2.05) is 0 Å². The fraction of sp³-hybridized carbons (Fsp3) is 0.778. The molecule has 1 aliphatic carbocycles. The van der Waals surface area contributed by atoms with Gasteiger partial charge in [-0.2, -0.15) is 0 Å². The Hall–Kier alpha value is -1.06. The van der Waals surface area contributed by atoms with E-state index in [4.69, 9.17) is 9.47 Å². The largest absolute Gasteiger partial charge is 0.464 e. The number of hydrogen-bond acceptors (Lipinski definition) is 4. The number of fused-ring (bicyclic) bond motifs is 1. The third-order valence-corrected chi connectivity index (χ3v) is 2.59. The van der Waals surface area contributed by atoms with Crippen molar-refractivity contribution in [1.29, 1.82) is 0 Å². The highest BCUT2D eigenvalue weighted by atomic mass is 16.6. The molecule has 0 aromatic heterocycles. The van der Waals surface area contributed by atoms with Gasteiger partial charge in [0.05, 0.1) is 12.7 Å². The summed E-state index contributed by atoms with van der Waals surface area (Å²) in [5.74, 6) is -0.732. The van der Waals surface area contributed by atoms with Gasteiger partial charge in [-0.3, -0.25) is 9.59 Å². The first-order chi connectivity index (χ1) is 6.07. The average molecular weight is 184 g/mol. The predicted octanol–water partition coefficient (Wildman–Crippen LogP) is 0.501. The summed E-state index contributed by atoms with van der Waals surface area (Å²) >= 11 is 0. The van der Waals surface area contributed by atoms with Crippen LogP contribution in [0.5, 0.6) is 0 Å². The minimum atomic E-state index is -0.912. The van der Waals surface area contributed by atoms with E-state index < -0.39 is 17.4 Å². The fourth-order valence-electron chi connectivity index (χ4n) is 1.74. The number of cyclic esters (lactones) is 1. The fourth-order valence-corrected chi connectivity index (χ4v) is 1.74. The average Bonchev–Trinajstić information content (AvgIpc) is 2.67. The van der Waals surface area contributed by atoms with E-state index >= 15 is 0 Å². The third kappa shape index (κ3) is 1.04. The molecule has 0 radical (unpaired) electrons. The van der Waals surface area contributed by atoms with Crippen molar-refractivity contribution in [3.8, 4) is 0 Å². The van der Waals surface area contributed by atoms with Crippen molar-refractivity contribution >= 4 is 11.9 Å². The van der Waals surface area contributed by atoms with E-state index in [9.17, 15) is 9.59 Å². The number of carbonyl (C=O) groups is 2. The minimum Gasteiger partial charge on any atom is -0.464 e. The summed E-state index contributed by atoms with van der Waals surface area (Å²) in [5, 5.41) is 0. The van der Waals surface area contributed by atoms with E-state index in [1.165, 1.54) is 0 Å². The van der Waals surface area contributed by atoms with E-state index in [0.717, 1.165) is 0 Å². The Labute approximate surface area is 76.2 Å². The summed E-state index contributed by atoms with van der Waals surface area (Å²) in [6.45, 7) is 3.92. The number of carbonyl (C=O) groups excluding carboxylic acids is 2. The summed E-state index contributed by atoms with van der Waals surface area (Å²) in [4.78, 5) is 22.7. The number of hydrogen-bond donors (Lipinski definition) is 0. The lowest BCUT2D eigenvalue weighted by Crippen LogP contribution is -2.29. The van der Waals surface area contributed by atoms with Gasteiger partial charge >= 0.3 is 11.9 Å². The van der Waals surface area contributed by atoms with Gasteiger partial charge in [0.2, 0.25) is 0 Å². The third-order valence-electron chi connectivity index (χ3n) is 2.59. The Kier molecular flexibility index (Phi) is 1.62. The topological polar surface area (TPSA) is 52.6 Å². The first-order valence-electron chi connectivity index (χ1n) is 4.45. The molecular weight excluding hydrogens is 172 g/mol. The van der Waals surface area contributed by atoms with Crippen LogP contribution >= 0.6 is 0 Å². The lowest BCUT2D eigenvalue weighted by molar-refractivity contribution is -0.162. The first-order valence-corrected chi connectivity index (χ1v) is 4.45. The van der Waals surface area contributed by atoms with Crippen LogP contribution in [0.4, 0.5) is 0 Å². The smallest absolute Gasteiger partial charge is 0.324 e. The van der Waals surface area contributed by atoms with Crippen molar-refractivity contribution in [2.75, 3.05) is 6.61 Å². The molecule has 4 nitrogen and oxygen atoms in total. The van der Waals surface area contributed by atoms with Gasteiger partial charge in [0.25, 0.3) is 0 Å². The highest BCUT2D eigenvalue weighted by Crippen LogP contribution is 2.58. The molecule has 0 aromatic rings. The molecule has 0 bridgehead atoms. The van der Waals surface area contributed by atoms with Crippen LogP contribution in [0.2, 0.25) is 0 Å². The minimum absolute atomic E-state index is 0.0752. The molecule has 1 saturated heterocycles. The van der Waals surface area contributed by atoms with E-state index in [0.29, 0.717) is 13.0 Å². The molecule has 1 heterocycles. The molecule has 0 spiro atoms. The van der Waals surface area contributed by atoms with Crippen molar-refractivity contribution < 1.29 is 19.1 Å². The molecule has 1 saturated carbocycles. The monoisotopic (exact) mass is 184 g/mol. The summed E-state index contributed by atoms with van der Waals surface area (Å²) in [7, 11) is 0. The van der Waals surface area contributed by atoms with Gasteiger partial charge in [0.15, 0.2) is 5.41 Å². The van der Waals surface area contributed by atoms with Gasteiger partial charge in [-0.15, -0.1) is 0 Å². The second-order valence-electron chi connectivity index (χ2n) is 3.92. The standard InChI is InChI=1S/C9H12O4/c1-5(2)13-8(11)9-3-6(9)4-12-7(9)10/h5-6H,3-4H2,1-2H3/t6-,9+/m1/s1. The molecule has 13 heavy (non-hydrogen) atoms. The SMILES string of the molecule is CC(C)OC(=O)[C@@]12C[C@@H]1COC2=O. The molecule has 2 aliphatic rings. The first kappa shape index (κ1) is 8.53. The molecule has 0 amide bonds. The lowest BCUT2D eigenvalue weighted by atomic mass is 10.1. The molecule has 72 valence electrons. The Morgan fingerprint density at radius 1 is 1.69 bits per heavy atom. The summed E-state index contributed by atoms with van der Waals surface area (Å²) < 4.78 is 9.79. The van der Waals surface area contributed by atoms with Crippen LogP contribution in [0.3, 0.4) is 0 Å². The van der Waals surface area contributed by atoms with Crippen LogP contribution in [0.15, 0.2) is 0 Å². The van der Waals surface area contributed by atoms with Crippen molar-refractivity contribution in [3.63, 3.8) is 0 Å². The van der Waals surface area contributed by atoms with Gasteiger partial charge in [-0.05, 0) is 20.3 Å². The van der Waals surface area contributed by atoms with Gasteiger partial charge in [0.1, 0.15) is 0 Å². The maximum Gasteiger partial charge on any atom is 0.324 e. The Bertz CT molecular complexity index is 271. The highest BCUT2D eigenvalue weighted by Gasteiger charge is 2.72. The van der Waals surface area contributed by atoms with Gasteiger partial charge in [0, 0.05) is 5.92 Å². The molecule has 0 N–H and O–H groups in total. The van der Waals surface area contributed by atoms with E-state index in [-0.39, 0.29) is 12.0 Å². The summed E-state index contributed by atoms with van der Waals surface area (Å²) in [6, 6.07) is 0. The van der Waals surface area contributed by atoms with Crippen molar-refractivity contribution in [3.05, 3.63) is 0 Å². The van der Waals surface area contributed by atoms with Gasteiger partial charge in [-0.25, -0.2) is 0 Å². The second kappa shape index (κ2) is 2.47. The molecule has 0 unspecified atom stereocenters.